The molecule has 0 radical (unpaired) electrons. The van der Waals surface area contributed by atoms with Gasteiger partial charge in [0.2, 0.25) is 0 Å². The Hall–Kier alpha value is -1.71. The van der Waals surface area contributed by atoms with Crippen LogP contribution in [0.1, 0.15) is 11.1 Å². The molecule has 0 bridgehead atoms. The first-order valence-corrected chi connectivity index (χ1v) is 6.88. The van der Waals surface area contributed by atoms with Crippen LogP contribution in [-0.4, -0.2) is 18.8 Å². The lowest BCUT2D eigenvalue weighted by Gasteiger charge is -2.08. The number of ether oxygens (including phenoxy) is 1. The second kappa shape index (κ2) is 7.17. The molecule has 20 heavy (non-hydrogen) atoms. The molecule has 0 spiro atoms. The number of methoxy groups -OCH3 is 1. The number of nitrogens with one attached hydrogen (secondary N) is 1. The van der Waals surface area contributed by atoms with Gasteiger partial charge in [-0.2, -0.15) is 0 Å². The molecule has 2 N–H and O–H groups in total. The second-order valence-electron chi connectivity index (χ2n) is 4.56. The molecule has 0 aliphatic carbocycles. The Kier molecular flexibility index (Phi) is 5.27. The van der Waals surface area contributed by atoms with Crippen LogP contribution in [0.4, 0.5) is 0 Å². The normalized spacial score (nSPS) is 10.5. The number of halogens is 1. The van der Waals surface area contributed by atoms with E-state index in [1.54, 1.807) is 19.2 Å². The Labute approximate surface area is 124 Å². The van der Waals surface area contributed by atoms with Crippen LogP contribution in [0.3, 0.4) is 0 Å². The molecule has 4 heteroatoms. The van der Waals surface area contributed by atoms with Crippen LogP contribution < -0.4 is 10.1 Å². The van der Waals surface area contributed by atoms with Crippen molar-refractivity contribution >= 4 is 11.6 Å². The molecule has 3 nitrogen and oxygen atoms in total. The van der Waals surface area contributed by atoms with E-state index in [1.807, 2.05) is 30.3 Å². The minimum absolute atomic E-state index is 0.171. The first-order valence-electron chi connectivity index (χ1n) is 6.50. The van der Waals surface area contributed by atoms with Gasteiger partial charge in [-0.3, -0.25) is 0 Å². The molecule has 106 valence electrons. The first kappa shape index (κ1) is 14.7. The molecule has 0 heterocycles. The lowest BCUT2D eigenvalue weighted by molar-refractivity contribution is 0.373. The Morgan fingerprint density at radius 1 is 1.10 bits per heavy atom. The summed E-state index contributed by atoms with van der Waals surface area (Å²) in [7, 11) is 1.54. The predicted molar refractivity (Wildman–Crippen MR) is 81.5 cm³/mol. The van der Waals surface area contributed by atoms with E-state index < -0.39 is 0 Å². The van der Waals surface area contributed by atoms with Gasteiger partial charge in [0, 0.05) is 11.6 Å². The summed E-state index contributed by atoms with van der Waals surface area (Å²) in [6, 6.07) is 13.3. The lowest BCUT2D eigenvalue weighted by atomic mass is 10.1. The fourth-order valence-corrected chi connectivity index (χ4v) is 2.09. The Morgan fingerprint density at radius 3 is 2.45 bits per heavy atom. The summed E-state index contributed by atoms with van der Waals surface area (Å²) < 4.78 is 5.01. The third-order valence-electron chi connectivity index (χ3n) is 3.08. The van der Waals surface area contributed by atoms with E-state index in [2.05, 4.69) is 5.32 Å². The van der Waals surface area contributed by atoms with Crippen molar-refractivity contribution in [3.8, 4) is 11.5 Å². The summed E-state index contributed by atoms with van der Waals surface area (Å²) in [6.07, 6.45) is 0.944. The minimum atomic E-state index is 0.171. The van der Waals surface area contributed by atoms with Gasteiger partial charge in [-0.1, -0.05) is 29.8 Å². The predicted octanol–water partition coefficient (Wildman–Crippen LogP) is 3.39. The molecule has 0 amide bonds. The molecule has 0 aliphatic heterocycles. The maximum Gasteiger partial charge on any atom is 0.160 e. The van der Waals surface area contributed by atoms with Crippen molar-refractivity contribution in [2.24, 2.45) is 0 Å². The standard InChI is InChI=1S/C16H18ClNO2/c1-20-16-7-4-13(10-15(16)19)11-18-9-8-12-2-5-14(17)6-3-12/h2-7,10,18-19H,8-9,11H2,1H3. The molecule has 2 aromatic carbocycles. The van der Waals surface area contributed by atoms with Crippen LogP contribution in [0.2, 0.25) is 5.02 Å². The summed E-state index contributed by atoms with van der Waals surface area (Å²) in [5.74, 6) is 0.666. The molecule has 2 rings (SSSR count). The molecular weight excluding hydrogens is 274 g/mol. The van der Waals surface area contributed by atoms with Crippen LogP contribution in [0, 0.1) is 0 Å². The second-order valence-corrected chi connectivity index (χ2v) is 5.00. The Bertz CT molecular complexity index is 555. The van der Waals surface area contributed by atoms with Crippen LogP contribution in [0.25, 0.3) is 0 Å². The number of rotatable bonds is 6. The van der Waals surface area contributed by atoms with Gasteiger partial charge >= 0.3 is 0 Å². The van der Waals surface area contributed by atoms with Crippen LogP contribution in [0.15, 0.2) is 42.5 Å². The van der Waals surface area contributed by atoms with E-state index in [4.69, 9.17) is 16.3 Å². The van der Waals surface area contributed by atoms with Crippen LogP contribution >= 0.6 is 11.6 Å². The molecule has 0 fully saturated rings. The van der Waals surface area contributed by atoms with Crippen LogP contribution in [0.5, 0.6) is 11.5 Å². The van der Waals surface area contributed by atoms with Crippen molar-refractivity contribution in [1.82, 2.24) is 5.32 Å². The fourth-order valence-electron chi connectivity index (χ4n) is 1.96. The molecular formula is C16H18ClNO2. The topological polar surface area (TPSA) is 41.5 Å². The highest BCUT2D eigenvalue weighted by Gasteiger charge is 2.02. The van der Waals surface area contributed by atoms with E-state index in [0.717, 1.165) is 23.6 Å². The number of hydrogen-bond donors (Lipinski definition) is 2. The molecule has 0 aromatic heterocycles. The highest BCUT2D eigenvalue weighted by atomic mass is 35.5. The van der Waals surface area contributed by atoms with Gasteiger partial charge in [0.05, 0.1) is 7.11 Å². The summed E-state index contributed by atoms with van der Waals surface area (Å²) in [4.78, 5) is 0. The van der Waals surface area contributed by atoms with Crippen LogP contribution in [-0.2, 0) is 13.0 Å². The zero-order valence-corrected chi connectivity index (χ0v) is 12.2. The Morgan fingerprint density at radius 2 is 1.80 bits per heavy atom. The molecule has 0 unspecified atom stereocenters. The van der Waals surface area contributed by atoms with Gasteiger partial charge in [-0.05, 0) is 48.4 Å². The number of hydrogen-bond acceptors (Lipinski definition) is 3. The fraction of sp³-hybridized carbons (Fsp3) is 0.250. The van der Waals surface area contributed by atoms with Gasteiger partial charge in [-0.25, -0.2) is 0 Å². The minimum Gasteiger partial charge on any atom is -0.504 e. The van der Waals surface area contributed by atoms with E-state index in [9.17, 15) is 5.11 Å². The summed E-state index contributed by atoms with van der Waals surface area (Å²) in [6.45, 7) is 1.58. The highest BCUT2D eigenvalue weighted by Crippen LogP contribution is 2.25. The maximum absolute atomic E-state index is 9.69. The first-order chi connectivity index (χ1) is 9.69. The average molecular weight is 292 g/mol. The Balaban J connectivity index is 1.78. The average Bonchev–Trinajstić information content (AvgIpc) is 2.46. The largest absolute Gasteiger partial charge is 0.504 e. The lowest BCUT2D eigenvalue weighted by Crippen LogP contribution is -2.16. The number of phenols is 1. The van der Waals surface area contributed by atoms with E-state index in [0.29, 0.717) is 12.3 Å². The smallest absolute Gasteiger partial charge is 0.160 e. The SMILES string of the molecule is COc1ccc(CNCCc2ccc(Cl)cc2)cc1O. The molecule has 0 saturated heterocycles. The third kappa shape index (κ3) is 4.15. The molecule has 0 saturated carbocycles. The third-order valence-corrected chi connectivity index (χ3v) is 3.33. The summed E-state index contributed by atoms with van der Waals surface area (Å²) in [5.41, 5.74) is 2.28. The van der Waals surface area contributed by atoms with Gasteiger partial charge in [-0.15, -0.1) is 0 Å². The van der Waals surface area contributed by atoms with Gasteiger partial charge in [0.1, 0.15) is 0 Å². The quantitative estimate of drug-likeness (QED) is 0.802. The van der Waals surface area contributed by atoms with Crippen molar-refractivity contribution in [2.75, 3.05) is 13.7 Å². The van der Waals surface area contributed by atoms with Gasteiger partial charge < -0.3 is 15.2 Å². The van der Waals surface area contributed by atoms with Crippen molar-refractivity contribution < 1.29 is 9.84 Å². The zero-order valence-electron chi connectivity index (χ0n) is 11.4. The van der Waals surface area contributed by atoms with Crippen molar-refractivity contribution in [3.63, 3.8) is 0 Å². The highest BCUT2D eigenvalue weighted by molar-refractivity contribution is 6.30. The van der Waals surface area contributed by atoms with Crippen molar-refractivity contribution in [3.05, 3.63) is 58.6 Å². The van der Waals surface area contributed by atoms with Gasteiger partial charge in [0.15, 0.2) is 11.5 Å². The van der Waals surface area contributed by atoms with Crippen molar-refractivity contribution in [2.45, 2.75) is 13.0 Å². The maximum atomic E-state index is 9.69. The number of phenolic OH excluding ortho intramolecular Hbond substituents is 1. The van der Waals surface area contributed by atoms with E-state index in [-0.39, 0.29) is 5.75 Å². The molecule has 2 aromatic rings. The molecule has 0 atom stereocenters. The van der Waals surface area contributed by atoms with E-state index in [1.165, 1.54) is 5.56 Å². The summed E-state index contributed by atoms with van der Waals surface area (Å²) in [5, 5.41) is 13.8. The van der Waals surface area contributed by atoms with Crippen molar-refractivity contribution in [1.29, 1.82) is 0 Å². The molecule has 0 aliphatic rings. The summed E-state index contributed by atoms with van der Waals surface area (Å²) >= 11 is 5.84. The monoisotopic (exact) mass is 291 g/mol. The number of benzene rings is 2. The zero-order chi connectivity index (χ0) is 14.4. The number of aromatic hydroxyl groups is 1. The van der Waals surface area contributed by atoms with Gasteiger partial charge in [0.25, 0.3) is 0 Å². The van der Waals surface area contributed by atoms with E-state index >= 15 is 0 Å².